The summed E-state index contributed by atoms with van der Waals surface area (Å²) in [6.07, 6.45) is 1.68. The van der Waals surface area contributed by atoms with Crippen LogP contribution in [0.3, 0.4) is 0 Å². The number of pyridine rings is 1. The zero-order valence-electron chi connectivity index (χ0n) is 8.16. The van der Waals surface area contributed by atoms with Crippen LogP contribution in [0.5, 0.6) is 0 Å². The van der Waals surface area contributed by atoms with Gasteiger partial charge in [0.1, 0.15) is 5.15 Å². The van der Waals surface area contributed by atoms with Gasteiger partial charge >= 0.3 is 7.12 Å². The molecule has 0 spiro atoms. The van der Waals surface area contributed by atoms with E-state index in [1.807, 2.05) is 19.9 Å². The molecule has 2 heterocycles. The molecule has 74 valence electrons. The molecular weight excluding hydrogens is 200 g/mol. The van der Waals surface area contributed by atoms with Gasteiger partial charge in [0.05, 0.1) is 12.2 Å². The molecule has 5 heteroatoms. The Kier molecular flexibility index (Phi) is 2.51. The van der Waals surface area contributed by atoms with Gasteiger partial charge in [0, 0.05) is 11.7 Å². The summed E-state index contributed by atoms with van der Waals surface area (Å²) in [7, 11) is -0.310. The lowest BCUT2D eigenvalue weighted by molar-refractivity contribution is 0.137. The molecule has 1 aliphatic rings. The Bertz CT molecular complexity index is 328. The lowest BCUT2D eigenvalue weighted by Gasteiger charge is -2.15. The van der Waals surface area contributed by atoms with Gasteiger partial charge in [-0.2, -0.15) is 0 Å². The van der Waals surface area contributed by atoms with Gasteiger partial charge in [0.15, 0.2) is 0 Å². The third kappa shape index (κ3) is 2.08. The van der Waals surface area contributed by atoms with Gasteiger partial charge in [-0.25, -0.2) is 4.98 Å². The molecule has 3 nitrogen and oxygen atoms in total. The van der Waals surface area contributed by atoms with Crippen LogP contribution >= 0.6 is 11.6 Å². The molecular formula is C9H11BClNO2. The summed E-state index contributed by atoms with van der Waals surface area (Å²) in [5, 5.41) is 0.478. The number of nitrogens with zero attached hydrogens (tertiary/aromatic N) is 1. The number of hydrogen-bond donors (Lipinski definition) is 0. The summed E-state index contributed by atoms with van der Waals surface area (Å²) < 4.78 is 11.2. The second kappa shape index (κ2) is 3.53. The predicted molar refractivity (Wildman–Crippen MR) is 55.8 cm³/mol. The summed E-state index contributed by atoms with van der Waals surface area (Å²) in [4.78, 5) is 3.98. The van der Waals surface area contributed by atoms with E-state index in [-0.39, 0.29) is 12.7 Å². The molecule has 1 aromatic rings. The SMILES string of the molecule is CC1(C)COB(c2ccc(Cl)nc2)O1. The maximum Gasteiger partial charge on any atom is 0.496 e. The van der Waals surface area contributed by atoms with E-state index >= 15 is 0 Å². The standard InChI is InChI=1S/C9H11BClNO2/c1-9(2)6-13-10(14-9)7-3-4-8(11)12-5-7/h3-5H,6H2,1-2H3. The Morgan fingerprint density at radius 3 is 2.79 bits per heavy atom. The Balaban J connectivity index is 2.14. The molecule has 0 amide bonds. The Labute approximate surface area is 88.5 Å². The van der Waals surface area contributed by atoms with Gasteiger partial charge in [-0.3, -0.25) is 0 Å². The van der Waals surface area contributed by atoms with Crippen LogP contribution in [0.1, 0.15) is 13.8 Å². The molecule has 0 radical (unpaired) electrons. The smallest absolute Gasteiger partial charge is 0.404 e. The van der Waals surface area contributed by atoms with E-state index in [4.69, 9.17) is 20.9 Å². The normalized spacial score (nSPS) is 20.1. The molecule has 0 atom stereocenters. The van der Waals surface area contributed by atoms with Crippen molar-refractivity contribution >= 4 is 24.2 Å². The molecule has 1 aromatic heterocycles. The third-order valence-corrected chi connectivity index (χ3v) is 2.25. The molecule has 0 aliphatic carbocycles. The van der Waals surface area contributed by atoms with E-state index in [1.165, 1.54) is 0 Å². The Hall–Kier alpha value is -0.575. The molecule has 0 aromatic carbocycles. The van der Waals surface area contributed by atoms with Crippen LogP contribution < -0.4 is 5.46 Å². The van der Waals surface area contributed by atoms with Crippen molar-refractivity contribution in [2.75, 3.05) is 6.61 Å². The molecule has 0 saturated carbocycles. The summed E-state index contributed by atoms with van der Waals surface area (Å²) in [5.74, 6) is 0. The molecule has 1 saturated heterocycles. The molecule has 1 aliphatic heterocycles. The van der Waals surface area contributed by atoms with Crippen molar-refractivity contribution < 1.29 is 9.31 Å². The first-order chi connectivity index (χ1) is 6.57. The average Bonchev–Trinajstić information content (AvgIpc) is 2.47. The summed E-state index contributed by atoms with van der Waals surface area (Å²) in [6, 6.07) is 3.59. The summed E-state index contributed by atoms with van der Waals surface area (Å²) >= 11 is 5.68. The third-order valence-electron chi connectivity index (χ3n) is 2.03. The van der Waals surface area contributed by atoms with Crippen LogP contribution in [0.25, 0.3) is 0 Å². The fourth-order valence-electron chi connectivity index (χ4n) is 1.33. The Morgan fingerprint density at radius 1 is 1.50 bits per heavy atom. The highest BCUT2D eigenvalue weighted by molar-refractivity contribution is 6.61. The minimum absolute atomic E-state index is 0.218. The topological polar surface area (TPSA) is 31.4 Å². The van der Waals surface area contributed by atoms with Gasteiger partial charge in [-0.1, -0.05) is 17.7 Å². The average molecular weight is 211 g/mol. The number of halogens is 1. The first-order valence-corrected chi connectivity index (χ1v) is 4.85. The number of hydrogen-bond acceptors (Lipinski definition) is 3. The van der Waals surface area contributed by atoms with Crippen molar-refractivity contribution in [1.82, 2.24) is 4.98 Å². The lowest BCUT2D eigenvalue weighted by Crippen LogP contribution is -2.34. The van der Waals surface area contributed by atoms with E-state index in [2.05, 4.69) is 4.98 Å². The van der Waals surface area contributed by atoms with Gasteiger partial charge in [-0.15, -0.1) is 0 Å². The van der Waals surface area contributed by atoms with Crippen LogP contribution in [0.15, 0.2) is 18.3 Å². The number of rotatable bonds is 1. The second-order valence-corrected chi connectivity index (χ2v) is 4.32. The zero-order valence-corrected chi connectivity index (χ0v) is 8.91. The van der Waals surface area contributed by atoms with Crippen molar-refractivity contribution in [1.29, 1.82) is 0 Å². The molecule has 0 bridgehead atoms. The zero-order chi connectivity index (χ0) is 10.2. The largest absolute Gasteiger partial charge is 0.496 e. The summed E-state index contributed by atoms with van der Waals surface area (Å²) in [6.45, 7) is 4.59. The number of aromatic nitrogens is 1. The molecule has 0 unspecified atom stereocenters. The first-order valence-electron chi connectivity index (χ1n) is 4.48. The van der Waals surface area contributed by atoms with Crippen LogP contribution in [0, 0.1) is 0 Å². The highest BCUT2D eigenvalue weighted by Crippen LogP contribution is 2.19. The van der Waals surface area contributed by atoms with Crippen LogP contribution in [0.2, 0.25) is 5.15 Å². The van der Waals surface area contributed by atoms with Crippen LogP contribution in [-0.4, -0.2) is 24.3 Å². The van der Waals surface area contributed by atoms with Crippen molar-refractivity contribution in [3.8, 4) is 0 Å². The van der Waals surface area contributed by atoms with Crippen molar-refractivity contribution in [3.05, 3.63) is 23.5 Å². The fourth-order valence-corrected chi connectivity index (χ4v) is 1.44. The van der Waals surface area contributed by atoms with Crippen molar-refractivity contribution in [2.45, 2.75) is 19.4 Å². The fraction of sp³-hybridized carbons (Fsp3) is 0.444. The minimum Gasteiger partial charge on any atom is -0.404 e. The van der Waals surface area contributed by atoms with Crippen LogP contribution in [0.4, 0.5) is 0 Å². The van der Waals surface area contributed by atoms with E-state index in [0.717, 1.165) is 5.46 Å². The van der Waals surface area contributed by atoms with Gasteiger partial charge in [-0.05, 0) is 19.9 Å². The van der Waals surface area contributed by atoms with E-state index in [9.17, 15) is 0 Å². The molecule has 14 heavy (non-hydrogen) atoms. The predicted octanol–water partition coefficient (Wildman–Crippen LogP) is 1.26. The minimum atomic E-state index is -0.310. The molecule has 0 N–H and O–H groups in total. The maximum absolute atomic E-state index is 5.68. The summed E-state index contributed by atoms with van der Waals surface area (Å²) in [5.41, 5.74) is 0.685. The highest BCUT2D eigenvalue weighted by atomic mass is 35.5. The van der Waals surface area contributed by atoms with Crippen molar-refractivity contribution in [2.24, 2.45) is 0 Å². The van der Waals surface area contributed by atoms with E-state index < -0.39 is 0 Å². The van der Waals surface area contributed by atoms with Gasteiger partial charge in [0.2, 0.25) is 0 Å². The van der Waals surface area contributed by atoms with E-state index in [0.29, 0.717) is 11.8 Å². The molecule has 2 rings (SSSR count). The lowest BCUT2D eigenvalue weighted by atomic mass is 9.80. The van der Waals surface area contributed by atoms with Crippen molar-refractivity contribution in [3.63, 3.8) is 0 Å². The molecule has 1 fully saturated rings. The van der Waals surface area contributed by atoms with E-state index in [1.54, 1.807) is 12.3 Å². The Morgan fingerprint density at radius 2 is 2.29 bits per heavy atom. The first kappa shape index (κ1) is 9.96. The van der Waals surface area contributed by atoms with Crippen LogP contribution in [-0.2, 0) is 9.31 Å². The van der Waals surface area contributed by atoms with Gasteiger partial charge in [0.25, 0.3) is 0 Å². The maximum atomic E-state index is 5.68. The monoisotopic (exact) mass is 211 g/mol. The highest BCUT2D eigenvalue weighted by Gasteiger charge is 2.38. The second-order valence-electron chi connectivity index (χ2n) is 3.93. The van der Waals surface area contributed by atoms with Gasteiger partial charge < -0.3 is 9.31 Å². The quantitative estimate of drug-likeness (QED) is 0.518.